The van der Waals surface area contributed by atoms with Crippen molar-refractivity contribution in [3.05, 3.63) is 65.4 Å². The van der Waals surface area contributed by atoms with E-state index in [4.69, 9.17) is 14.6 Å². The summed E-state index contributed by atoms with van der Waals surface area (Å²) < 4.78 is 26.6. The van der Waals surface area contributed by atoms with Crippen molar-refractivity contribution in [1.29, 1.82) is 0 Å². The van der Waals surface area contributed by atoms with E-state index in [1.165, 1.54) is 24.5 Å². The van der Waals surface area contributed by atoms with Crippen LogP contribution in [0.25, 0.3) is 27.5 Å². The van der Waals surface area contributed by atoms with Gasteiger partial charge in [0.05, 0.1) is 35.7 Å². The normalized spacial score (nSPS) is 12.2. The summed E-state index contributed by atoms with van der Waals surface area (Å²) in [5.74, 6) is -0.401. The van der Waals surface area contributed by atoms with Gasteiger partial charge >= 0.3 is 6.09 Å². The zero-order valence-corrected chi connectivity index (χ0v) is 18.8. The number of hydrogen-bond acceptors (Lipinski definition) is 7. The number of pyridine rings is 1. The van der Waals surface area contributed by atoms with Crippen LogP contribution in [-0.4, -0.2) is 40.1 Å². The van der Waals surface area contributed by atoms with E-state index in [0.29, 0.717) is 30.3 Å². The van der Waals surface area contributed by atoms with Crippen molar-refractivity contribution >= 4 is 22.6 Å². The van der Waals surface area contributed by atoms with Gasteiger partial charge in [0.1, 0.15) is 11.5 Å². The molecule has 0 aliphatic heterocycles. The Labute approximate surface area is 193 Å². The topological polar surface area (TPSA) is 91.2 Å². The first-order valence-corrected chi connectivity index (χ1v) is 11.1. The highest BCUT2D eigenvalue weighted by Crippen LogP contribution is 2.44. The van der Waals surface area contributed by atoms with Gasteiger partial charge in [-0.25, -0.2) is 18.9 Å². The number of halogens is 1. The molecule has 10 heteroatoms. The third-order valence-electron chi connectivity index (χ3n) is 5.39. The summed E-state index contributed by atoms with van der Waals surface area (Å²) in [6, 6.07) is 8.63. The maximum atomic E-state index is 15.1. The summed E-state index contributed by atoms with van der Waals surface area (Å²) in [6.45, 7) is 0.352. The van der Waals surface area contributed by atoms with Gasteiger partial charge in [-0.2, -0.15) is 5.10 Å². The first-order valence-electron chi connectivity index (χ1n) is 10.2. The van der Waals surface area contributed by atoms with Gasteiger partial charge in [0, 0.05) is 30.6 Å². The molecule has 0 spiro atoms. The maximum Gasteiger partial charge on any atom is 0.413 e. The van der Waals surface area contributed by atoms with Crippen LogP contribution in [0.4, 0.5) is 14.3 Å². The molecule has 5 rings (SSSR count). The summed E-state index contributed by atoms with van der Waals surface area (Å²) in [7, 11) is 2.89. The standard InChI is InChI=1S/C23H20FN5O3S/c1-31-12-13-5-7-16(24)18(10-13)29-20-15(19(28-29)14-4-3-9-25-11-14)6-8-17-21(20)33-22(26-17)27-23(30)32-2/h3-5,7,9-11H,6,8,12H2,1-2H3,(H,26,27,30). The number of nitrogens with one attached hydrogen (secondary N) is 1. The van der Waals surface area contributed by atoms with E-state index in [9.17, 15) is 4.79 Å². The van der Waals surface area contributed by atoms with E-state index in [1.807, 2.05) is 12.1 Å². The fourth-order valence-electron chi connectivity index (χ4n) is 3.95. The molecule has 0 fully saturated rings. The van der Waals surface area contributed by atoms with Crippen molar-refractivity contribution in [2.24, 2.45) is 0 Å². The average Bonchev–Trinajstić information content (AvgIpc) is 3.42. The lowest BCUT2D eigenvalue weighted by Gasteiger charge is -2.15. The van der Waals surface area contributed by atoms with Crippen LogP contribution in [0, 0.1) is 5.82 Å². The molecule has 3 aromatic heterocycles. The van der Waals surface area contributed by atoms with Gasteiger partial charge in [-0.05, 0) is 42.7 Å². The lowest BCUT2D eigenvalue weighted by Crippen LogP contribution is -2.10. The first kappa shape index (κ1) is 21.2. The second-order valence-electron chi connectivity index (χ2n) is 7.46. The van der Waals surface area contributed by atoms with Crippen molar-refractivity contribution in [1.82, 2.24) is 19.7 Å². The fourth-order valence-corrected chi connectivity index (χ4v) is 5.00. The van der Waals surface area contributed by atoms with E-state index in [-0.39, 0.29) is 0 Å². The number of aryl methyl sites for hydroxylation is 1. The second kappa shape index (κ2) is 8.72. The molecule has 0 saturated heterocycles. The number of aromatic nitrogens is 4. The van der Waals surface area contributed by atoms with Gasteiger partial charge in [-0.1, -0.05) is 17.4 Å². The Hall–Kier alpha value is -3.63. The van der Waals surface area contributed by atoms with Crippen LogP contribution >= 0.6 is 11.3 Å². The smallest absolute Gasteiger partial charge is 0.413 e. The fraction of sp³-hybridized carbons (Fsp3) is 0.217. The number of fused-ring (bicyclic) bond motifs is 3. The highest BCUT2D eigenvalue weighted by atomic mass is 32.1. The zero-order valence-electron chi connectivity index (χ0n) is 18.0. The highest BCUT2D eigenvalue weighted by molar-refractivity contribution is 7.19. The SMILES string of the molecule is COCc1ccc(F)c(-n2nc(-c3cccnc3)c3c2-c2sc(NC(=O)OC)nc2CC3)c1. The lowest BCUT2D eigenvalue weighted by atomic mass is 9.95. The molecule has 1 aliphatic rings. The largest absolute Gasteiger partial charge is 0.453 e. The number of nitrogens with zero attached hydrogens (tertiary/aromatic N) is 4. The summed E-state index contributed by atoms with van der Waals surface area (Å²) in [5, 5.41) is 7.89. The third kappa shape index (κ3) is 3.87. The van der Waals surface area contributed by atoms with Crippen LogP contribution in [0.3, 0.4) is 0 Å². The number of hydrogen-bond donors (Lipinski definition) is 1. The zero-order chi connectivity index (χ0) is 22.9. The van der Waals surface area contributed by atoms with E-state index in [1.54, 1.807) is 36.3 Å². The van der Waals surface area contributed by atoms with Gasteiger partial charge in [0.25, 0.3) is 0 Å². The quantitative estimate of drug-likeness (QED) is 0.463. The number of amides is 1. The molecular formula is C23H20FN5O3S. The number of methoxy groups -OCH3 is 2. The van der Waals surface area contributed by atoms with Gasteiger partial charge in [0.15, 0.2) is 5.13 Å². The van der Waals surface area contributed by atoms with E-state index >= 15 is 4.39 Å². The van der Waals surface area contributed by atoms with Crippen molar-refractivity contribution < 1.29 is 18.7 Å². The molecule has 1 N–H and O–H groups in total. The molecule has 1 aromatic carbocycles. The van der Waals surface area contributed by atoms with Crippen LogP contribution in [0.1, 0.15) is 16.8 Å². The summed E-state index contributed by atoms with van der Waals surface area (Å²) >= 11 is 1.31. The Kier molecular flexibility index (Phi) is 5.61. The van der Waals surface area contributed by atoms with Crippen molar-refractivity contribution in [2.75, 3.05) is 19.5 Å². The molecule has 0 atom stereocenters. The van der Waals surface area contributed by atoms with Crippen LogP contribution in [0.5, 0.6) is 0 Å². The summed E-state index contributed by atoms with van der Waals surface area (Å²) in [5.41, 5.74) is 5.32. The van der Waals surface area contributed by atoms with Gasteiger partial charge in [0.2, 0.25) is 0 Å². The lowest BCUT2D eigenvalue weighted by molar-refractivity contribution is 0.185. The first-order chi connectivity index (χ1) is 16.1. The maximum absolute atomic E-state index is 15.1. The predicted molar refractivity (Wildman–Crippen MR) is 122 cm³/mol. The number of rotatable bonds is 5. The van der Waals surface area contributed by atoms with E-state index in [2.05, 4.69) is 15.3 Å². The third-order valence-corrected chi connectivity index (χ3v) is 6.41. The Bertz CT molecular complexity index is 1340. The number of anilines is 1. The molecule has 4 aromatic rings. The number of thiazole rings is 1. The van der Waals surface area contributed by atoms with Crippen molar-refractivity contribution in [3.63, 3.8) is 0 Å². The number of carbonyl (C=O) groups excluding carboxylic acids is 1. The Morgan fingerprint density at radius 2 is 2.15 bits per heavy atom. The molecule has 0 radical (unpaired) electrons. The molecule has 1 aliphatic carbocycles. The highest BCUT2D eigenvalue weighted by Gasteiger charge is 2.31. The van der Waals surface area contributed by atoms with Crippen LogP contribution in [-0.2, 0) is 28.9 Å². The van der Waals surface area contributed by atoms with Crippen molar-refractivity contribution in [3.8, 4) is 27.5 Å². The Morgan fingerprint density at radius 3 is 2.91 bits per heavy atom. The minimum absolute atomic E-state index is 0.319. The summed E-state index contributed by atoms with van der Waals surface area (Å²) in [4.78, 5) is 21.3. The van der Waals surface area contributed by atoms with Gasteiger partial charge in [-0.15, -0.1) is 0 Å². The van der Waals surface area contributed by atoms with Crippen LogP contribution < -0.4 is 5.32 Å². The number of ether oxygens (including phenoxy) is 2. The van der Waals surface area contributed by atoms with Crippen LogP contribution in [0.15, 0.2) is 42.7 Å². The molecule has 33 heavy (non-hydrogen) atoms. The molecular weight excluding hydrogens is 445 g/mol. The Morgan fingerprint density at radius 1 is 1.27 bits per heavy atom. The van der Waals surface area contributed by atoms with Gasteiger partial charge in [-0.3, -0.25) is 10.3 Å². The molecule has 0 saturated carbocycles. The monoisotopic (exact) mass is 465 g/mol. The van der Waals surface area contributed by atoms with E-state index < -0.39 is 11.9 Å². The summed E-state index contributed by atoms with van der Waals surface area (Å²) in [6.07, 6.45) is 4.20. The molecule has 8 nitrogen and oxygen atoms in total. The number of carbonyl (C=O) groups is 1. The van der Waals surface area contributed by atoms with Gasteiger partial charge < -0.3 is 9.47 Å². The Balaban J connectivity index is 1.72. The molecule has 1 amide bonds. The van der Waals surface area contributed by atoms with E-state index in [0.717, 1.165) is 38.6 Å². The minimum atomic E-state index is -0.593. The average molecular weight is 466 g/mol. The van der Waals surface area contributed by atoms with Crippen LogP contribution in [0.2, 0.25) is 0 Å². The minimum Gasteiger partial charge on any atom is -0.453 e. The molecule has 3 heterocycles. The second-order valence-corrected chi connectivity index (χ2v) is 8.46. The molecule has 168 valence electrons. The van der Waals surface area contributed by atoms with Crippen molar-refractivity contribution in [2.45, 2.75) is 19.4 Å². The predicted octanol–water partition coefficient (Wildman–Crippen LogP) is 4.62. The number of benzene rings is 1. The molecule has 0 bridgehead atoms. The molecule has 0 unspecified atom stereocenters.